The number of hydrogen-bond donors (Lipinski definition) is 1. The van der Waals surface area contributed by atoms with Crippen LogP contribution in [0.2, 0.25) is 0 Å². The normalized spacial score (nSPS) is 14.8. The first-order chi connectivity index (χ1) is 5.45. The third-order valence-electron chi connectivity index (χ3n) is 1.87. The summed E-state index contributed by atoms with van der Waals surface area (Å²) in [4.78, 5) is 0. The SMILES string of the molecule is CC(N)COC(C(C)C)C(C)C. The van der Waals surface area contributed by atoms with Gasteiger partial charge >= 0.3 is 0 Å². The van der Waals surface area contributed by atoms with Crippen molar-refractivity contribution in [2.24, 2.45) is 17.6 Å². The maximum absolute atomic E-state index is 5.70. The van der Waals surface area contributed by atoms with Crippen LogP contribution in [0.1, 0.15) is 34.6 Å². The van der Waals surface area contributed by atoms with Crippen LogP contribution in [0.5, 0.6) is 0 Å². The third-order valence-corrected chi connectivity index (χ3v) is 1.87. The van der Waals surface area contributed by atoms with Gasteiger partial charge in [0.25, 0.3) is 0 Å². The Morgan fingerprint density at radius 1 is 1.00 bits per heavy atom. The molecule has 0 rings (SSSR count). The Balaban J connectivity index is 3.80. The van der Waals surface area contributed by atoms with E-state index in [1.54, 1.807) is 0 Å². The summed E-state index contributed by atoms with van der Waals surface area (Å²) < 4.78 is 5.70. The highest BCUT2D eigenvalue weighted by molar-refractivity contribution is 4.67. The first kappa shape index (κ1) is 11.9. The summed E-state index contributed by atoms with van der Waals surface area (Å²) in [6.45, 7) is 11.4. The largest absolute Gasteiger partial charge is 0.376 e. The van der Waals surface area contributed by atoms with Crippen molar-refractivity contribution in [1.29, 1.82) is 0 Å². The van der Waals surface area contributed by atoms with Crippen molar-refractivity contribution in [2.45, 2.75) is 46.8 Å². The van der Waals surface area contributed by atoms with Gasteiger partial charge in [0.05, 0.1) is 12.7 Å². The molecule has 2 heteroatoms. The summed E-state index contributed by atoms with van der Waals surface area (Å²) >= 11 is 0. The van der Waals surface area contributed by atoms with Crippen LogP contribution in [0, 0.1) is 11.8 Å². The smallest absolute Gasteiger partial charge is 0.0621 e. The van der Waals surface area contributed by atoms with Gasteiger partial charge in [-0.15, -0.1) is 0 Å². The van der Waals surface area contributed by atoms with E-state index in [-0.39, 0.29) is 6.04 Å². The minimum absolute atomic E-state index is 0.144. The van der Waals surface area contributed by atoms with Crippen LogP contribution in [0.25, 0.3) is 0 Å². The zero-order valence-electron chi connectivity index (χ0n) is 9.00. The van der Waals surface area contributed by atoms with Gasteiger partial charge in [0.15, 0.2) is 0 Å². The monoisotopic (exact) mass is 173 g/mol. The van der Waals surface area contributed by atoms with E-state index in [4.69, 9.17) is 10.5 Å². The van der Waals surface area contributed by atoms with Crippen molar-refractivity contribution < 1.29 is 4.74 Å². The molecule has 0 spiro atoms. The maximum atomic E-state index is 5.70. The zero-order chi connectivity index (χ0) is 9.72. The van der Waals surface area contributed by atoms with Gasteiger partial charge in [0, 0.05) is 6.04 Å². The van der Waals surface area contributed by atoms with Crippen molar-refractivity contribution in [3.05, 3.63) is 0 Å². The predicted octanol–water partition coefficient (Wildman–Crippen LogP) is 2.03. The van der Waals surface area contributed by atoms with Gasteiger partial charge in [0.1, 0.15) is 0 Å². The summed E-state index contributed by atoms with van der Waals surface area (Å²) in [5, 5.41) is 0. The average Bonchev–Trinajstić information content (AvgIpc) is 1.84. The Bertz CT molecular complexity index is 102. The van der Waals surface area contributed by atoms with E-state index in [0.29, 0.717) is 24.5 Å². The molecule has 0 aliphatic rings. The Kier molecular flexibility index (Phi) is 5.51. The van der Waals surface area contributed by atoms with Crippen molar-refractivity contribution in [3.63, 3.8) is 0 Å². The molecule has 12 heavy (non-hydrogen) atoms. The molecule has 1 unspecified atom stereocenters. The second-order valence-corrected chi connectivity index (χ2v) is 4.26. The number of rotatable bonds is 5. The standard InChI is InChI=1S/C10H23NO/c1-7(2)10(8(3)4)12-6-9(5)11/h7-10H,6,11H2,1-5H3. The molecular weight excluding hydrogens is 150 g/mol. The van der Waals surface area contributed by atoms with Gasteiger partial charge in [-0.2, -0.15) is 0 Å². The lowest BCUT2D eigenvalue weighted by molar-refractivity contribution is -0.0124. The third kappa shape index (κ3) is 4.73. The lowest BCUT2D eigenvalue weighted by Crippen LogP contribution is -2.31. The van der Waals surface area contributed by atoms with E-state index in [2.05, 4.69) is 27.7 Å². The first-order valence-corrected chi connectivity index (χ1v) is 4.82. The highest BCUT2D eigenvalue weighted by Gasteiger charge is 2.17. The van der Waals surface area contributed by atoms with Crippen LogP contribution in [0.3, 0.4) is 0 Å². The molecule has 0 aromatic carbocycles. The van der Waals surface area contributed by atoms with Crippen LogP contribution >= 0.6 is 0 Å². The van der Waals surface area contributed by atoms with Gasteiger partial charge in [0.2, 0.25) is 0 Å². The molecular formula is C10H23NO. The van der Waals surface area contributed by atoms with E-state index < -0.39 is 0 Å². The summed E-state index contributed by atoms with van der Waals surface area (Å²) in [5.74, 6) is 1.15. The summed E-state index contributed by atoms with van der Waals surface area (Å²) in [7, 11) is 0. The van der Waals surface area contributed by atoms with Gasteiger partial charge < -0.3 is 10.5 Å². The number of hydrogen-bond acceptors (Lipinski definition) is 2. The molecule has 0 amide bonds. The first-order valence-electron chi connectivity index (χ1n) is 4.82. The molecule has 0 aromatic rings. The molecule has 0 bridgehead atoms. The van der Waals surface area contributed by atoms with E-state index in [1.165, 1.54) is 0 Å². The molecule has 0 saturated carbocycles. The van der Waals surface area contributed by atoms with Gasteiger partial charge in [-0.05, 0) is 18.8 Å². The van der Waals surface area contributed by atoms with Crippen LogP contribution in [-0.2, 0) is 4.74 Å². The summed E-state index contributed by atoms with van der Waals surface area (Å²) in [5.41, 5.74) is 5.62. The van der Waals surface area contributed by atoms with Crippen LogP contribution in [-0.4, -0.2) is 18.8 Å². The fourth-order valence-electron chi connectivity index (χ4n) is 1.42. The molecule has 0 aliphatic heterocycles. The fourth-order valence-corrected chi connectivity index (χ4v) is 1.42. The van der Waals surface area contributed by atoms with E-state index >= 15 is 0 Å². The summed E-state index contributed by atoms with van der Waals surface area (Å²) in [6, 6.07) is 0.144. The molecule has 0 fully saturated rings. The van der Waals surface area contributed by atoms with E-state index in [0.717, 1.165) is 0 Å². The van der Waals surface area contributed by atoms with Crippen LogP contribution in [0.15, 0.2) is 0 Å². The number of ether oxygens (including phenoxy) is 1. The maximum Gasteiger partial charge on any atom is 0.0621 e. The van der Waals surface area contributed by atoms with Crippen molar-refractivity contribution >= 4 is 0 Å². The minimum Gasteiger partial charge on any atom is -0.376 e. The topological polar surface area (TPSA) is 35.2 Å². The Labute approximate surface area is 76.5 Å². The lowest BCUT2D eigenvalue weighted by atomic mass is 9.96. The fraction of sp³-hybridized carbons (Fsp3) is 1.00. The van der Waals surface area contributed by atoms with Crippen LogP contribution in [0.4, 0.5) is 0 Å². The Hall–Kier alpha value is -0.0800. The second kappa shape index (κ2) is 5.55. The van der Waals surface area contributed by atoms with Gasteiger partial charge in [-0.3, -0.25) is 0 Å². The highest BCUT2D eigenvalue weighted by Crippen LogP contribution is 2.15. The average molecular weight is 173 g/mol. The van der Waals surface area contributed by atoms with E-state index in [1.807, 2.05) is 6.92 Å². The van der Waals surface area contributed by atoms with Crippen LogP contribution < -0.4 is 5.73 Å². The highest BCUT2D eigenvalue weighted by atomic mass is 16.5. The molecule has 0 heterocycles. The number of nitrogens with two attached hydrogens (primary N) is 1. The lowest BCUT2D eigenvalue weighted by Gasteiger charge is -2.25. The van der Waals surface area contributed by atoms with Crippen molar-refractivity contribution in [2.75, 3.05) is 6.61 Å². The van der Waals surface area contributed by atoms with Gasteiger partial charge in [-0.1, -0.05) is 27.7 Å². The molecule has 2 nitrogen and oxygen atoms in total. The molecule has 0 radical (unpaired) electrons. The minimum atomic E-state index is 0.144. The zero-order valence-corrected chi connectivity index (χ0v) is 9.00. The molecule has 74 valence electrons. The summed E-state index contributed by atoms with van der Waals surface area (Å²) in [6.07, 6.45) is 0.344. The quantitative estimate of drug-likeness (QED) is 0.690. The van der Waals surface area contributed by atoms with Crippen molar-refractivity contribution in [1.82, 2.24) is 0 Å². The molecule has 1 atom stereocenters. The molecule has 0 aromatic heterocycles. The predicted molar refractivity (Wildman–Crippen MR) is 53.1 cm³/mol. The Morgan fingerprint density at radius 2 is 1.42 bits per heavy atom. The van der Waals surface area contributed by atoms with Gasteiger partial charge in [-0.25, -0.2) is 0 Å². The van der Waals surface area contributed by atoms with E-state index in [9.17, 15) is 0 Å². The molecule has 2 N–H and O–H groups in total. The molecule has 0 aliphatic carbocycles. The second-order valence-electron chi connectivity index (χ2n) is 4.26. The Morgan fingerprint density at radius 3 is 1.67 bits per heavy atom. The van der Waals surface area contributed by atoms with Crippen molar-refractivity contribution in [3.8, 4) is 0 Å². The molecule has 0 saturated heterocycles.